The fourth-order valence-electron chi connectivity index (χ4n) is 2.07. The van der Waals surface area contributed by atoms with Crippen LogP contribution in [0.15, 0.2) is 24.3 Å². The molecule has 2 rings (SSSR count). The summed E-state index contributed by atoms with van der Waals surface area (Å²) in [6, 6.07) is 9.22. The number of hydrogen-bond acceptors (Lipinski definition) is 3. The Morgan fingerprint density at radius 2 is 2.00 bits per heavy atom. The van der Waals surface area contributed by atoms with E-state index in [4.69, 9.17) is 0 Å². The summed E-state index contributed by atoms with van der Waals surface area (Å²) in [6.07, 6.45) is 1.08. The van der Waals surface area contributed by atoms with Crippen molar-refractivity contribution in [3.63, 3.8) is 0 Å². The fraction of sp³-hybridized carbons (Fsp3) is 0.467. The molecule has 0 saturated carbocycles. The number of hydrogen-bond donors (Lipinski definition) is 2. The third-order valence-corrected chi connectivity index (χ3v) is 6.08. The Labute approximate surface area is 120 Å². The van der Waals surface area contributed by atoms with Crippen molar-refractivity contribution in [2.24, 2.45) is 0 Å². The van der Waals surface area contributed by atoms with Crippen molar-refractivity contribution in [2.75, 3.05) is 6.54 Å². The summed E-state index contributed by atoms with van der Waals surface area (Å²) >= 11 is 1.85. The lowest BCUT2D eigenvalue weighted by Gasteiger charge is -2.13. The number of rotatable bonds is 5. The maximum atomic E-state index is 10.2. The molecule has 0 radical (unpaired) electrons. The number of thiophene rings is 1. The molecule has 2 N–H and O–H groups in total. The Bertz CT molecular complexity index is 557. The van der Waals surface area contributed by atoms with Gasteiger partial charge in [-0.25, -0.2) is 0 Å². The summed E-state index contributed by atoms with van der Waals surface area (Å²) in [5, 5.41) is 5.86. The molecule has 1 aromatic heterocycles. The third kappa shape index (κ3) is 3.89. The van der Waals surface area contributed by atoms with Gasteiger partial charge in [0.15, 0.2) is 0 Å². The van der Waals surface area contributed by atoms with Crippen LogP contribution >= 0.6 is 11.3 Å². The molecule has 0 bridgehead atoms. The highest BCUT2D eigenvalue weighted by Crippen LogP contribution is 2.25. The molecule has 2 nitrogen and oxygen atoms in total. The van der Waals surface area contributed by atoms with Gasteiger partial charge >= 0.3 is 0 Å². The average Bonchev–Trinajstić information content (AvgIpc) is 2.68. The molecule has 0 saturated heterocycles. The summed E-state index contributed by atoms with van der Waals surface area (Å²) in [4.78, 5) is 11.6. The van der Waals surface area contributed by atoms with Gasteiger partial charge in [0.1, 0.15) is 0 Å². The van der Waals surface area contributed by atoms with Gasteiger partial charge in [-0.15, -0.1) is 11.3 Å². The van der Waals surface area contributed by atoms with Crippen LogP contribution in [0, 0.1) is 0 Å². The number of benzene rings is 1. The Kier molecular flexibility index (Phi) is 4.45. The number of nitrogens with one attached hydrogen (secondary N) is 1. The zero-order chi connectivity index (χ0) is 14.0. The summed E-state index contributed by atoms with van der Waals surface area (Å²) in [5.41, 5.74) is 0. The van der Waals surface area contributed by atoms with E-state index in [-0.39, 0.29) is 0 Å². The topological polar surface area (TPSA) is 32.3 Å². The maximum absolute atomic E-state index is 10.2. The second kappa shape index (κ2) is 5.75. The van der Waals surface area contributed by atoms with Crippen LogP contribution in [0.1, 0.15) is 18.7 Å². The molecule has 4 heteroatoms. The lowest BCUT2D eigenvalue weighted by Crippen LogP contribution is -2.41. The second-order valence-corrected chi connectivity index (χ2v) is 10.7. The molecular weight excluding hydrogens is 270 g/mol. The van der Waals surface area contributed by atoms with Crippen molar-refractivity contribution >= 4 is 34.9 Å². The Morgan fingerprint density at radius 3 is 2.63 bits per heavy atom. The van der Waals surface area contributed by atoms with E-state index in [1.807, 2.05) is 24.4 Å². The highest BCUT2D eigenvalue weighted by Gasteiger charge is 2.20. The van der Waals surface area contributed by atoms with Crippen LogP contribution in [0.3, 0.4) is 0 Å². The SMILES string of the molecule is CC(C)NCCc1cc2ccc([Si](C)(C)O)cc2s1. The van der Waals surface area contributed by atoms with Crippen molar-refractivity contribution in [3.05, 3.63) is 29.1 Å². The van der Waals surface area contributed by atoms with Gasteiger partial charge in [0.2, 0.25) is 8.32 Å². The van der Waals surface area contributed by atoms with Crippen LogP contribution < -0.4 is 10.5 Å². The Balaban J connectivity index is 2.16. The molecule has 0 aliphatic heterocycles. The minimum atomic E-state index is -2.19. The first kappa shape index (κ1) is 14.7. The van der Waals surface area contributed by atoms with Crippen molar-refractivity contribution in [3.8, 4) is 0 Å². The van der Waals surface area contributed by atoms with Crippen molar-refractivity contribution in [1.82, 2.24) is 5.32 Å². The predicted octanol–water partition coefficient (Wildman–Crippen LogP) is 2.85. The second-order valence-electron chi connectivity index (χ2n) is 5.88. The average molecular weight is 294 g/mol. The molecule has 0 spiro atoms. The van der Waals surface area contributed by atoms with Crippen LogP contribution in [0.4, 0.5) is 0 Å². The lowest BCUT2D eigenvalue weighted by atomic mass is 10.2. The minimum absolute atomic E-state index is 0.544. The molecule has 0 atom stereocenters. The molecule has 0 aliphatic carbocycles. The third-order valence-electron chi connectivity index (χ3n) is 3.20. The zero-order valence-electron chi connectivity index (χ0n) is 12.2. The van der Waals surface area contributed by atoms with E-state index in [0.29, 0.717) is 6.04 Å². The van der Waals surface area contributed by atoms with Crippen LogP contribution in [-0.2, 0) is 6.42 Å². The van der Waals surface area contributed by atoms with Gasteiger partial charge in [-0.1, -0.05) is 26.0 Å². The molecule has 1 aromatic carbocycles. The van der Waals surface area contributed by atoms with Crippen LogP contribution in [-0.4, -0.2) is 25.7 Å². The Hall–Kier alpha value is -0.683. The van der Waals surface area contributed by atoms with Gasteiger partial charge in [-0.2, -0.15) is 0 Å². The molecule has 0 unspecified atom stereocenters. The summed E-state index contributed by atoms with van der Waals surface area (Å²) < 4.78 is 1.30. The van der Waals surface area contributed by atoms with E-state index in [0.717, 1.165) is 18.2 Å². The van der Waals surface area contributed by atoms with Gasteiger partial charge in [0.05, 0.1) is 0 Å². The minimum Gasteiger partial charge on any atom is -0.428 e. The van der Waals surface area contributed by atoms with Crippen molar-refractivity contribution in [1.29, 1.82) is 0 Å². The lowest BCUT2D eigenvalue weighted by molar-refractivity contribution is 0.568. The molecule has 2 aromatic rings. The summed E-state index contributed by atoms with van der Waals surface area (Å²) in [7, 11) is -2.19. The highest BCUT2D eigenvalue weighted by molar-refractivity contribution is 7.19. The van der Waals surface area contributed by atoms with Crippen LogP contribution in [0.2, 0.25) is 13.1 Å². The van der Waals surface area contributed by atoms with E-state index in [1.165, 1.54) is 15.0 Å². The summed E-state index contributed by atoms with van der Waals surface area (Å²) in [5.74, 6) is 0. The highest BCUT2D eigenvalue weighted by atomic mass is 32.1. The van der Waals surface area contributed by atoms with E-state index < -0.39 is 8.32 Å². The molecule has 104 valence electrons. The van der Waals surface area contributed by atoms with E-state index in [2.05, 4.69) is 43.4 Å². The largest absolute Gasteiger partial charge is 0.428 e. The molecule has 1 heterocycles. The first-order chi connectivity index (χ1) is 8.86. The number of fused-ring (bicyclic) bond motifs is 1. The van der Waals surface area contributed by atoms with E-state index >= 15 is 0 Å². The first-order valence-corrected chi connectivity index (χ1v) is 10.6. The van der Waals surface area contributed by atoms with Gasteiger partial charge in [-0.3, -0.25) is 0 Å². The van der Waals surface area contributed by atoms with Gasteiger partial charge < -0.3 is 10.1 Å². The van der Waals surface area contributed by atoms with Gasteiger partial charge in [0, 0.05) is 22.2 Å². The van der Waals surface area contributed by atoms with Crippen molar-refractivity contribution < 1.29 is 4.80 Å². The smallest absolute Gasteiger partial charge is 0.214 e. The normalized spacial score (nSPS) is 12.5. The zero-order valence-corrected chi connectivity index (χ0v) is 14.0. The molecule has 0 fully saturated rings. The predicted molar refractivity (Wildman–Crippen MR) is 88.0 cm³/mol. The van der Waals surface area contributed by atoms with E-state index in [1.54, 1.807) is 0 Å². The first-order valence-electron chi connectivity index (χ1n) is 6.85. The van der Waals surface area contributed by atoms with Gasteiger partial charge in [-0.05, 0) is 42.2 Å². The van der Waals surface area contributed by atoms with Crippen LogP contribution in [0.25, 0.3) is 10.1 Å². The molecule has 0 amide bonds. The monoisotopic (exact) mass is 293 g/mol. The molecule has 0 aliphatic rings. The molecular formula is C15H23NOSSi. The van der Waals surface area contributed by atoms with Crippen LogP contribution in [0.5, 0.6) is 0 Å². The van der Waals surface area contributed by atoms with E-state index in [9.17, 15) is 4.80 Å². The maximum Gasteiger partial charge on any atom is 0.214 e. The van der Waals surface area contributed by atoms with Crippen molar-refractivity contribution in [2.45, 2.75) is 39.4 Å². The van der Waals surface area contributed by atoms with Gasteiger partial charge in [0.25, 0.3) is 0 Å². The molecule has 19 heavy (non-hydrogen) atoms. The standard InChI is InChI=1S/C15H23NOSSi/c1-11(2)16-8-7-13-9-12-5-6-14(19(3,4)17)10-15(12)18-13/h5-6,9-11,16-17H,7-8H2,1-4H3. The fourth-order valence-corrected chi connectivity index (χ4v) is 4.27. The summed E-state index contributed by atoms with van der Waals surface area (Å²) in [6.45, 7) is 9.30. The quantitative estimate of drug-likeness (QED) is 0.831. The Morgan fingerprint density at radius 1 is 1.26 bits per heavy atom.